The summed E-state index contributed by atoms with van der Waals surface area (Å²) in [4.78, 5) is 41.5. The molecule has 6 aromatic carbocycles. The number of carbonyl (C=O) groups is 3. The molecule has 0 aliphatic rings. The first kappa shape index (κ1) is 100. The van der Waals surface area contributed by atoms with Crippen molar-refractivity contribution in [1.82, 2.24) is 58.0 Å². The maximum atomic E-state index is 13.0. The molecule has 18 rings (SSSR count). The summed E-state index contributed by atoms with van der Waals surface area (Å²) in [6, 6.07) is 71.2. The molecular weight excluding hydrogens is 2100 g/mol. The Bertz CT molecular complexity index is 8010. The third-order valence-electron chi connectivity index (χ3n) is 20.5. The molecule has 0 bridgehead atoms. The highest BCUT2D eigenvalue weighted by molar-refractivity contribution is 9.11. The zero-order chi connectivity index (χ0) is 99.0. The van der Waals surface area contributed by atoms with Crippen molar-refractivity contribution in [1.29, 1.82) is 0 Å². The number of rotatable bonds is 21. The Morgan fingerprint density at radius 1 is 0.283 bits per heavy atom. The second-order valence-corrected chi connectivity index (χ2v) is 44.5. The average molecular weight is 2190 g/mol. The van der Waals surface area contributed by atoms with Gasteiger partial charge in [-0.2, -0.15) is 25.5 Å². The normalized spacial score (nSPS) is 11.8. The van der Waals surface area contributed by atoms with Crippen LogP contribution in [0.3, 0.4) is 0 Å². The SMILES string of the molecule is CC(=O)Nc1ccc(S(=O)(=O)Nc2cc(-c3ccccc3)cc3c(Br)cnn23)cc1.CC(=O)Nc1ccc(S(=O)(=O)Nc2cc(-c3ccccc3)cc3c(Cl)cnn23)cc1.CC(=O)Nc1ccc(S(=O)(=O)Nc2cc(C(C)(C)C)cc3c(Br)cnn23)cc1.CC(C)(C)c1cc(NS(=O)(=O)c2cccnc2)n2ncc(Br)c2c1.O=S(=O)(Nc1cc(-c2ccccc2)cc2c(Cl)cnn12)c1cccnc1. The number of carbonyl (C=O) groups excluding carboxylic acids is 3. The summed E-state index contributed by atoms with van der Waals surface area (Å²) in [7, 11) is -19.2. The van der Waals surface area contributed by atoms with Crippen LogP contribution in [0.15, 0.2) is 342 Å². The third kappa shape index (κ3) is 24.2. The molecule has 0 atom stereocenters. The Labute approximate surface area is 829 Å². The van der Waals surface area contributed by atoms with Crippen LogP contribution in [-0.2, 0) is 75.3 Å². The lowest BCUT2D eigenvalue weighted by molar-refractivity contribution is -0.115. The van der Waals surface area contributed by atoms with E-state index in [9.17, 15) is 56.5 Å². The molecule has 0 unspecified atom stereocenters. The van der Waals surface area contributed by atoms with Crippen LogP contribution < -0.4 is 39.6 Å². The van der Waals surface area contributed by atoms with Gasteiger partial charge in [0.2, 0.25) is 17.7 Å². The molecule has 0 aliphatic heterocycles. The first-order chi connectivity index (χ1) is 65.4. The van der Waals surface area contributed by atoms with Crippen LogP contribution in [-0.4, -0.2) is 118 Å². The quantitative estimate of drug-likeness (QED) is 0.0331. The van der Waals surface area contributed by atoms with Gasteiger partial charge in [-0.3, -0.25) is 48.0 Å². The van der Waals surface area contributed by atoms with Crippen LogP contribution >= 0.6 is 71.0 Å². The molecule has 33 nitrogen and oxygen atoms in total. The van der Waals surface area contributed by atoms with Crippen LogP contribution in [0.1, 0.15) is 73.4 Å². The maximum Gasteiger partial charge on any atom is 0.264 e. The van der Waals surface area contributed by atoms with Gasteiger partial charge in [0.25, 0.3) is 50.1 Å². The Kier molecular flexibility index (Phi) is 30.3. The zero-order valence-electron chi connectivity index (χ0n) is 74.5. The lowest BCUT2D eigenvalue weighted by atomic mass is 9.87. The van der Waals surface area contributed by atoms with E-state index in [1.807, 2.05) is 121 Å². The topological polar surface area (TPSA) is 430 Å². The first-order valence-corrected chi connectivity index (χ1v) is 52.0. The largest absolute Gasteiger partial charge is 0.326 e. The highest BCUT2D eigenvalue weighted by Crippen LogP contribution is 2.38. The Morgan fingerprint density at radius 3 is 0.790 bits per heavy atom. The highest BCUT2D eigenvalue weighted by Gasteiger charge is 2.28. The number of amides is 3. The number of hydrogen-bond donors (Lipinski definition) is 8. The van der Waals surface area contributed by atoms with Crippen molar-refractivity contribution in [3.63, 3.8) is 0 Å². The number of halogens is 5. The molecule has 0 saturated carbocycles. The van der Waals surface area contributed by atoms with Crippen molar-refractivity contribution in [2.24, 2.45) is 0 Å². The van der Waals surface area contributed by atoms with Crippen molar-refractivity contribution in [3.05, 3.63) is 339 Å². The van der Waals surface area contributed by atoms with Gasteiger partial charge in [0, 0.05) is 62.6 Å². The van der Waals surface area contributed by atoms with Crippen molar-refractivity contribution < 1.29 is 56.5 Å². The fraction of sp³-hybridized carbons (Fsp3) is 0.116. The molecule has 12 heterocycles. The Hall–Kier alpha value is -13.8. The monoisotopic (exact) mass is 2180 g/mol. The lowest BCUT2D eigenvalue weighted by Gasteiger charge is -2.21. The lowest BCUT2D eigenvalue weighted by Crippen LogP contribution is -2.18. The van der Waals surface area contributed by atoms with E-state index in [4.69, 9.17) is 23.2 Å². The fourth-order valence-electron chi connectivity index (χ4n) is 13.7. The second kappa shape index (κ2) is 41.7. The van der Waals surface area contributed by atoms with Gasteiger partial charge >= 0.3 is 0 Å². The number of benzene rings is 6. The first-order valence-electron chi connectivity index (χ1n) is 41.5. The van der Waals surface area contributed by atoms with Crippen LogP contribution in [0.25, 0.3) is 61.0 Å². The van der Waals surface area contributed by atoms with Gasteiger partial charge < -0.3 is 16.0 Å². The number of hydrogen-bond acceptors (Lipinski definition) is 20. The summed E-state index contributed by atoms with van der Waals surface area (Å²) in [5, 5.41) is 29.8. The van der Waals surface area contributed by atoms with Crippen molar-refractivity contribution in [3.8, 4) is 33.4 Å². The van der Waals surface area contributed by atoms with Crippen molar-refractivity contribution in [2.75, 3.05) is 39.6 Å². The molecule has 43 heteroatoms. The highest BCUT2D eigenvalue weighted by atomic mass is 79.9. The van der Waals surface area contributed by atoms with Crippen LogP contribution in [0.5, 0.6) is 0 Å². The summed E-state index contributed by atoms with van der Waals surface area (Å²) in [5.74, 6) is 0.891. The summed E-state index contributed by atoms with van der Waals surface area (Å²) >= 11 is 22.9. The molecule has 0 spiro atoms. The minimum Gasteiger partial charge on any atom is -0.326 e. The van der Waals surface area contributed by atoms with Crippen molar-refractivity contribution >= 4 is 213 Å². The van der Waals surface area contributed by atoms with Crippen molar-refractivity contribution in [2.45, 2.75) is 97.6 Å². The van der Waals surface area contributed by atoms with E-state index < -0.39 is 50.1 Å². The number of nitrogens with zero attached hydrogens (tertiary/aromatic N) is 12. The number of sulfonamides is 5. The number of nitrogens with one attached hydrogen (secondary N) is 8. The van der Waals surface area contributed by atoms with E-state index in [1.165, 1.54) is 144 Å². The van der Waals surface area contributed by atoms with Gasteiger partial charge in [-0.05, 0) is 261 Å². The number of fused-ring (bicyclic) bond motifs is 5. The molecule has 708 valence electrons. The Morgan fingerprint density at radius 2 is 0.529 bits per heavy atom. The summed E-state index contributed by atoms with van der Waals surface area (Å²) < 4.78 is 151. The van der Waals surface area contributed by atoms with E-state index in [2.05, 4.69) is 164 Å². The van der Waals surface area contributed by atoms with E-state index in [0.29, 0.717) is 55.6 Å². The molecule has 138 heavy (non-hydrogen) atoms. The molecule has 0 radical (unpaired) electrons. The smallest absolute Gasteiger partial charge is 0.264 e. The molecular formula is C95H85Br3Cl2N20O13S5. The maximum absolute atomic E-state index is 13.0. The zero-order valence-corrected chi connectivity index (χ0v) is 84.8. The fourth-order valence-corrected chi connectivity index (χ4v) is 20.2. The summed E-state index contributed by atoms with van der Waals surface area (Å²) in [6.07, 6.45) is 13.5. The number of pyridine rings is 7. The molecule has 18 aromatic rings. The molecule has 3 amide bonds. The predicted molar refractivity (Wildman–Crippen MR) is 548 cm³/mol. The molecule has 0 fully saturated rings. The Balaban J connectivity index is 0.000000138. The van der Waals surface area contributed by atoms with Crippen LogP contribution in [0.4, 0.5) is 46.2 Å². The average Bonchev–Trinajstić information content (AvgIpc) is 1.59. The molecule has 0 aliphatic carbocycles. The second-order valence-electron chi connectivity index (χ2n) is 32.7. The van der Waals surface area contributed by atoms with Crippen LogP contribution in [0.2, 0.25) is 10.0 Å². The predicted octanol–water partition coefficient (Wildman–Crippen LogP) is 20.5. The summed E-state index contributed by atoms with van der Waals surface area (Å²) in [5.41, 5.74) is 12.0. The molecule has 12 aromatic heterocycles. The van der Waals surface area contributed by atoms with Gasteiger partial charge in [0.15, 0.2) is 0 Å². The van der Waals surface area contributed by atoms with Gasteiger partial charge in [0.05, 0.1) is 96.7 Å². The van der Waals surface area contributed by atoms with Gasteiger partial charge in [-0.1, -0.05) is 156 Å². The van der Waals surface area contributed by atoms with E-state index in [1.54, 1.807) is 82.2 Å². The number of aromatic nitrogens is 12. The van der Waals surface area contributed by atoms with E-state index in [0.717, 1.165) is 74.5 Å². The minimum absolute atomic E-state index is 0.0492. The molecule has 8 N–H and O–H groups in total. The van der Waals surface area contributed by atoms with Gasteiger partial charge in [-0.15, -0.1) is 0 Å². The van der Waals surface area contributed by atoms with Gasteiger partial charge in [-0.25, -0.2) is 64.7 Å². The minimum atomic E-state index is -3.91. The van der Waals surface area contributed by atoms with Gasteiger partial charge in [0.1, 0.15) is 38.9 Å². The number of anilines is 8. The van der Waals surface area contributed by atoms with E-state index in [-0.39, 0.29) is 64.7 Å². The molecule has 0 saturated heterocycles. The summed E-state index contributed by atoms with van der Waals surface area (Å²) in [6.45, 7) is 16.5. The van der Waals surface area contributed by atoms with E-state index >= 15 is 0 Å². The van der Waals surface area contributed by atoms with Crippen LogP contribution in [0, 0.1) is 0 Å². The standard InChI is InChI=1S/C21H17BrN4O3S.C21H17ClN4O3S.C19H21BrN4O3S.C18H13ClN4O2S.C16H17BrN4O2S/c2*1-14(27)24-17-7-9-18(10-8-17)30(28,29)25-21-12-16(15-5-3-2-4-6-15)11-20-19(22)13-23-26(20)21;1-12(25)22-14-5-7-15(8-6-14)28(26,27)23-18-10-13(19(2,3)4)9-17-16(20)11-21-24(17)18;19-16-12-21-23-17(16)9-14(13-5-2-1-3-6-13)10-18(23)22-26(24,25)15-7-4-8-20-11-15;1-16(2,3)11-7-14-13(17)10-19-21(14)15(8-11)20-24(22,23)12-5-4-6-18-9-12/h2*2-13,25H,1H3,(H,24,27);5-11,23H,1-4H3,(H,22,25);1-12,22H;4-10,20H,1-3H3. The third-order valence-corrected chi connectivity index (χ3v) is 29.7.